The molecule has 0 atom stereocenters. The number of hydrogen-bond acceptors (Lipinski definition) is 5. The third-order valence-corrected chi connectivity index (χ3v) is 5.87. The number of benzene rings is 1. The number of rotatable bonds is 4. The molecule has 2 N–H and O–H groups in total. The molecule has 24 heavy (non-hydrogen) atoms. The fourth-order valence-corrected chi connectivity index (χ4v) is 3.95. The molecule has 1 aromatic carbocycles. The lowest BCUT2D eigenvalue weighted by molar-refractivity contribution is -0.274. The number of amides is 1. The Kier molecular flexibility index (Phi) is 5.09. The maximum Gasteiger partial charge on any atom is 0.573 e. The van der Waals surface area contributed by atoms with Gasteiger partial charge in [-0.2, -0.15) is 0 Å². The molecule has 1 heterocycles. The molecule has 1 aromatic rings. The Morgan fingerprint density at radius 2 is 1.92 bits per heavy atom. The standard InChI is InChI=1S/C14H17F3N2O4S/c1-24(21,22)13(5-7-18-8-6-13)12(20)19-10-3-2-4-11(9-10)23-14(15,16)17/h2-4,9,18H,5-8H2,1H3,(H,19,20). The van der Waals surface area contributed by atoms with Gasteiger partial charge in [0.2, 0.25) is 5.91 Å². The van der Waals surface area contributed by atoms with Crippen LogP contribution in [0.4, 0.5) is 18.9 Å². The van der Waals surface area contributed by atoms with Crippen LogP contribution in [0.2, 0.25) is 0 Å². The smallest absolute Gasteiger partial charge is 0.406 e. The van der Waals surface area contributed by atoms with Gasteiger partial charge in [-0.15, -0.1) is 13.2 Å². The van der Waals surface area contributed by atoms with E-state index in [2.05, 4.69) is 15.4 Å². The molecule has 0 unspecified atom stereocenters. The average Bonchev–Trinajstić information content (AvgIpc) is 2.45. The Balaban J connectivity index is 2.23. The highest BCUT2D eigenvalue weighted by Gasteiger charge is 2.48. The molecule has 0 aliphatic carbocycles. The zero-order valence-corrected chi connectivity index (χ0v) is 13.6. The highest BCUT2D eigenvalue weighted by Crippen LogP contribution is 2.30. The zero-order valence-electron chi connectivity index (χ0n) is 12.8. The van der Waals surface area contributed by atoms with Crippen molar-refractivity contribution in [2.24, 2.45) is 0 Å². The predicted molar refractivity (Wildman–Crippen MR) is 81.4 cm³/mol. The van der Waals surface area contributed by atoms with Crippen LogP contribution in [0, 0.1) is 0 Å². The van der Waals surface area contributed by atoms with Crippen LogP contribution in [0.25, 0.3) is 0 Å². The normalized spacial score (nSPS) is 18.0. The van der Waals surface area contributed by atoms with Crippen molar-refractivity contribution in [3.8, 4) is 5.75 Å². The maximum atomic E-state index is 12.6. The van der Waals surface area contributed by atoms with Crippen molar-refractivity contribution >= 4 is 21.4 Å². The van der Waals surface area contributed by atoms with E-state index in [1.807, 2.05) is 0 Å². The van der Waals surface area contributed by atoms with Gasteiger partial charge < -0.3 is 15.4 Å². The topological polar surface area (TPSA) is 84.5 Å². The highest BCUT2D eigenvalue weighted by molar-refractivity contribution is 7.92. The lowest BCUT2D eigenvalue weighted by atomic mass is 9.95. The van der Waals surface area contributed by atoms with Gasteiger partial charge in [0.05, 0.1) is 0 Å². The summed E-state index contributed by atoms with van der Waals surface area (Å²) in [7, 11) is -3.71. The van der Waals surface area contributed by atoms with Crippen LogP contribution in [-0.4, -0.2) is 44.8 Å². The van der Waals surface area contributed by atoms with E-state index in [9.17, 15) is 26.4 Å². The molecule has 1 aliphatic rings. The van der Waals surface area contributed by atoms with Crippen molar-refractivity contribution in [2.75, 3.05) is 24.7 Å². The summed E-state index contributed by atoms with van der Waals surface area (Å²) in [6.45, 7) is 0.718. The van der Waals surface area contributed by atoms with Gasteiger partial charge in [-0.25, -0.2) is 8.42 Å². The number of carbonyl (C=O) groups excluding carboxylic acids is 1. The minimum absolute atomic E-state index is 0.0308. The van der Waals surface area contributed by atoms with Gasteiger partial charge in [0.15, 0.2) is 14.6 Å². The number of piperidine rings is 1. The molecule has 1 aliphatic heterocycles. The Morgan fingerprint density at radius 3 is 2.46 bits per heavy atom. The molecule has 1 amide bonds. The van der Waals surface area contributed by atoms with E-state index in [0.717, 1.165) is 18.4 Å². The van der Waals surface area contributed by atoms with E-state index in [1.165, 1.54) is 12.1 Å². The fraction of sp³-hybridized carbons (Fsp3) is 0.500. The molecule has 2 rings (SSSR count). The van der Waals surface area contributed by atoms with E-state index in [1.54, 1.807) is 0 Å². The van der Waals surface area contributed by atoms with Crippen molar-refractivity contribution in [2.45, 2.75) is 24.0 Å². The van der Waals surface area contributed by atoms with Gasteiger partial charge in [0.1, 0.15) is 5.75 Å². The summed E-state index contributed by atoms with van der Waals surface area (Å²) in [5.74, 6) is -1.25. The Labute approximate surface area is 137 Å². The number of hydrogen-bond donors (Lipinski definition) is 2. The molecule has 0 bridgehead atoms. The minimum Gasteiger partial charge on any atom is -0.406 e. The lowest BCUT2D eigenvalue weighted by Crippen LogP contribution is -2.55. The van der Waals surface area contributed by atoms with Gasteiger partial charge in [-0.3, -0.25) is 4.79 Å². The van der Waals surface area contributed by atoms with Gasteiger partial charge in [0, 0.05) is 18.0 Å². The molecule has 0 spiro atoms. The summed E-state index contributed by atoms with van der Waals surface area (Å²) in [6, 6.07) is 4.70. The van der Waals surface area contributed by atoms with Gasteiger partial charge in [-0.1, -0.05) is 6.07 Å². The van der Waals surface area contributed by atoms with Crippen molar-refractivity contribution in [1.29, 1.82) is 0 Å². The van der Waals surface area contributed by atoms with Crippen molar-refractivity contribution in [3.05, 3.63) is 24.3 Å². The van der Waals surface area contributed by atoms with Crippen molar-refractivity contribution in [1.82, 2.24) is 5.32 Å². The van der Waals surface area contributed by atoms with Gasteiger partial charge >= 0.3 is 6.36 Å². The van der Waals surface area contributed by atoms with Crippen LogP contribution in [0.3, 0.4) is 0 Å². The first-order valence-corrected chi connectivity index (χ1v) is 9.00. The molecule has 0 saturated carbocycles. The largest absolute Gasteiger partial charge is 0.573 e. The second-order valence-corrected chi connectivity index (χ2v) is 7.87. The summed E-state index contributed by atoms with van der Waals surface area (Å²) in [5, 5.41) is 5.37. The summed E-state index contributed by atoms with van der Waals surface area (Å²) in [6.07, 6.45) is -3.68. The van der Waals surface area contributed by atoms with Crippen LogP contribution in [0.1, 0.15) is 12.8 Å². The fourth-order valence-electron chi connectivity index (χ4n) is 2.61. The maximum absolute atomic E-state index is 12.6. The Hall–Kier alpha value is -1.81. The second-order valence-electron chi connectivity index (χ2n) is 5.55. The van der Waals surface area contributed by atoms with Gasteiger partial charge in [-0.05, 0) is 38.1 Å². The first kappa shape index (κ1) is 18.5. The monoisotopic (exact) mass is 366 g/mol. The molecule has 0 radical (unpaired) electrons. The quantitative estimate of drug-likeness (QED) is 0.847. The number of anilines is 1. The molecule has 1 saturated heterocycles. The van der Waals surface area contributed by atoms with E-state index < -0.39 is 32.6 Å². The predicted octanol–water partition coefficient (Wildman–Crippen LogP) is 1.69. The molecular formula is C14H17F3N2O4S. The average molecular weight is 366 g/mol. The number of carbonyl (C=O) groups is 1. The van der Waals surface area contributed by atoms with Crippen molar-refractivity contribution < 1.29 is 31.1 Å². The second kappa shape index (κ2) is 6.60. The van der Waals surface area contributed by atoms with Gasteiger partial charge in [0.25, 0.3) is 0 Å². The number of halogens is 3. The van der Waals surface area contributed by atoms with Crippen LogP contribution in [0.5, 0.6) is 5.75 Å². The first-order chi connectivity index (χ1) is 11.0. The molecule has 134 valence electrons. The molecular weight excluding hydrogens is 349 g/mol. The number of nitrogens with one attached hydrogen (secondary N) is 2. The minimum atomic E-state index is -4.86. The van der Waals surface area contributed by atoms with Crippen molar-refractivity contribution in [3.63, 3.8) is 0 Å². The van der Waals surface area contributed by atoms with Crippen LogP contribution >= 0.6 is 0 Å². The first-order valence-electron chi connectivity index (χ1n) is 7.11. The summed E-state index contributed by atoms with van der Waals surface area (Å²) >= 11 is 0. The van der Waals surface area contributed by atoms with Crippen LogP contribution in [0.15, 0.2) is 24.3 Å². The highest BCUT2D eigenvalue weighted by atomic mass is 32.2. The van der Waals surface area contributed by atoms with E-state index in [0.29, 0.717) is 13.1 Å². The SMILES string of the molecule is CS(=O)(=O)C1(C(=O)Nc2cccc(OC(F)(F)F)c2)CCNCC1. The van der Waals surface area contributed by atoms with E-state index in [4.69, 9.17) is 0 Å². The van der Waals surface area contributed by atoms with E-state index in [-0.39, 0.29) is 18.5 Å². The molecule has 6 nitrogen and oxygen atoms in total. The Bertz CT molecular complexity index is 713. The molecule has 1 fully saturated rings. The summed E-state index contributed by atoms with van der Waals surface area (Å²) in [5.41, 5.74) is 0.0308. The summed E-state index contributed by atoms with van der Waals surface area (Å²) < 4.78 is 63.2. The lowest BCUT2D eigenvalue weighted by Gasteiger charge is -2.34. The Morgan fingerprint density at radius 1 is 1.29 bits per heavy atom. The summed E-state index contributed by atoms with van der Waals surface area (Å²) in [4.78, 5) is 12.6. The zero-order chi connectivity index (χ0) is 18.0. The number of alkyl halides is 3. The molecule has 0 aromatic heterocycles. The molecule has 10 heteroatoms. The van der Waals surface area contributed by atoms with Crippen LogP contribution in [-0.2, 0) is 14.6 Å². The number of ether oxygens (including phenoxy) is 1. The third-order valence-electron chi connectivity index (χ3n) is 3.86. The third kappa shape index (κ3) is 4.18. The number of sulfone groups is 1. The van der Waals surface area contributed by atoms with Crippen LogP contribution < -0.4 is 15.4 Å². The van der Waals surface area contributed by atoms with E-state index >= 15 is 0 Å².